The molecule has 0 saturated carbocycles. The first kappa shape index (κ1) is 11.2. The summed E-state index contributed by atoms with van der Waals surface area (Å²) in [5.41, 5.74) is 5.78. The van der Waals surface area contributed by atoms with Crippen LogP contribution in [-0.2, 0) is 11.3 Å². The largest absolute Gasteiger partial charge is 0.480 e. The minimum absolute atomic E-state index is 0.377. The summed E-state index contributed by atoms with van der Waals surface area (Å²) in [5, 5.41) is 9.00. The van der Waals surface area contributed by atoms with Crippen LogP contribution >= 0.6 is 0 Å². The number of hydrogen-bond acceptors (Lipinski definition) is 4. The first-order valence-electron chi connectivity index (χ1n) is 5.29. The van der Waals surface area contributed by atoms with Crippen molar-refractivity contribution in [2.45, 2.75) is 25.4 Å². The SMILES string of the molecule is Cc1ccoc1CN1CCC(N)(C(=O)O)C1. The van der Waals surface area contributed by atoms with E-state index in [0.29, 0.717) is 26.1 Å². The monoisotopic (exact) mass is 224 g/mol. The van der Waals surface area contributed by atoms with Crippen molar-refractivity contribution in [2.75, 3.05) is 13.1 Å². The van der Waals surface area contributed by atoms with Crippen LogP contribution in [0.4, 0.5) is 0 Å². The van der Waals surface area contributed by atoms with Crippen molar-refractivity contribution in [1.82, 2.24) is 4.90 Å². The second-order valence-electron chi connectivity index (χ2n) is 4.45. The van der Waals surface area contributed by atoms with Gasteiger partial charge in [0.25, 0.3) is 0 Å². The van der Waals surface area contributed by atoms with Crippen molar-refractivity contribution in [1.29, 1.82) is 0 Å². The van der Waals surface area contributed by atoms with Gasteiger partial charge in [0, 0.05) is 13.1 Å². The fourth-order valence-corrected chi connectivity index (χ4v) is 1.99. The van der Waals surface area contributed by atoms with Gasteiger partial charge >= 0.3 is 5.97 Å². The number of nitrogens with zero attached hydrogens (tertiary/aromatic N) is 1. The molecule has 5 heteroatoms. The fourth-order valence-electron chi connectivity index (χ4n) is 1.99. The third-order valence-corrected chi connectivity index (χ3v) is 3.14. The summed E-state index contributed by atoms with van der Waals surface area (Å²) < 4.78 is 5.32. The standard InChI is InChI=1S/C11H16N2O3/c1-8-2-5-16-9(8)6-13-4-3-11(12,7-13)10(14)15/h2,5H,3-4,6-7,12H2,1H3,(H,14,15). The topological polar surface area (TPSA) is 79.7 Å². The number of likely N-dealkylation sites (tertiary alicyclic amines) is 1. The molecule has 2 heterocycles. The quantitative estimate of drug-likeness (QED) is 0.785. The molecule has 5 nitrogen and oxygen atoms in total. The average molecular weight is 224 g/mol. The number of rotatable bonds is 3. The van der Waals surface area contributed by atoms with Crippen molar-refractivity contribution in [3.8, 4) is 0 Å². The summed E-state index contributed by atoms with van der Waals surface area (Å²) in [6, 6.07) is 1.90. The molecule has 0 radical (unpaired) electrons. The molecule has 1 aliphatic heterocycles. The van der Waals surface area contributed by atoms with Crippen molar-refractivity contribution in [3.63, 3.8) is 0 Å². The van der Waals surface area contributed by atoms with E-state index in [9.17, 15) is 4.79 Å². The number of aliphatic carboxylic acids is 1. The Balaban J connectivity index is 2.00. The maximum absolute atomic E-state index is 11.0. The Bertz CT molecular complexity index is 402. The normalized spacial score (nSPS) is 26.1. The molecule has 1 atom stereocenters. The molecule has 2 rings (SSSR count). The van der Waals surface area contributed by atoms with Crippen LogP contribution in [0.2, 0.25) is 0 Å². The van der Waals surface area contributed by atoms with Crippen LogP contribution in [0.5, 0.6) is 0 Å². The molecule has 1 aromatic heterocycles. The number of furan rings is 1. The van der Waals surface area contributed by atoms with Crippen LogP contribution in [0.25, 0.3) is 0 Å². The van der Waals surface area contributed by atoms with Gasteiger partial charge in [0.15, 0.2) is 0 Å². The lowest BCUT2D eigenvalue weighted by Crippen LogP contribution is -2.50. The Hall–Kier alpha value is -1.33. The Morgan fingerprint density at radius 1 is 1.75 bits per heavy atom. The van der Waals surface area contributed by atoms with Crippen molar-refractivity contribution < 1.29 is 14.3 Å². The molecule has 1 unspecified atom stereocenters. The highest BCUT2D eigenvalue weighted by Crippen LogP contribution is 2.22. The number of hydrogen-bond donors (Lipinski definition) is 2. The second-order valence-corrected chi connectivity index (χ2v) is 4.45. The van der Waals surface area contributed by atoms with E-state index in [1.54, 1.807) is 6.26 Å². The Morgan fingerprint density at radius 2 is 2.50 bits per heavy atom. The molecule has 0 aliphatic carbocycles. The van der Waals surface area contributed by atoms with Gasteiger partial charge in [0.2, 0.25) is 0 Å². The zero-order chi connectivity index (χ0) is 11.8. The average Bonchev–Trinajstić information content (AvgIpc) is 2.77. The molecule has 0 aromatic carbocycles. The maximum Gasteiger partial charge on any atom is 0.325 e. The molecular weight excluding hydrogens is 208 g/mol. The van der Waals surface area contributed by atoms with E-state index < -0.39 is 11.5 Å². The number of carboxylic acid groups (broad SMARTS) is 1. The maximum atomic E-state index is 11.0. The van der Waals surface area contributed by atoms with Gasteiger partial charge in [0.05, 0.1) is 12.8 Å². The molecule has 1 aliphatic rings. The van der Waals surface area contributed by atoms with Gasteiger partial charge in [-0.15, -0.1) is 0 Å². The highest BCUT2D eigenvalue weighted by atomic mass is 16.4. The summed E-state index contributed by atoms with van der Waals surface area (Å²) in [5.74, 6) is -0.0409. The van der Waals surface area contributed by atoms with Gasteiger partial charge in [-0.2, -0.15) is 0 Å². The van der Waals surface area contributed by atoms with E-state index in [1.165, 1.54) is 0 Å². The zero-order valence-corrected chi connectivity index (χ0v) is 9.27. The second kappa shape index (κ2) is 3.92. The van der Waals surface area contributed by atoms with Gasteiger partial charge in [-0.3, -0.25) is 9.69 Å². The van der Waals surface area contributed by atoms with Crippen molar-refractivity contribution >= 4 is 5.97 Å². The lowest BCUT2D eigenvalue weighted by molar-refractivity contribution is -0.142. The third kappa shape index (κ3) is 1.96. The van der Waals surface area contributed by atoms with E-state index in [2.05, 4.69) is 0 Å². The van der Waals surface area contributed by atoms with Gasteiger partial charge in [0.1, 0.15) is 11.3 Å². The Kier molecular flexibility index (Phi) is 2.73. The molecule has 1 aromatic rings. The molecule has 3 N–H and O–H groups in total. The predicted octanol–water partition coefficient (Wildman–Crippen LogP) is 0.576. The summed E-state index contributed by atoms with van der Waals surface area (Å²) in [4.78, 5) is 13.0. The van der Waals surface area contributed by atoms with Crippen LogP contribution in [0, 0.1) is 6.92 Å². The van der Waals surface area contributed by atoms with E-state index in [0.717, 1.165) is 11.3 Å². The minimum atomic E-state index is -1.10. The third-order valence-electron chi connectivity index (χ3n) is 3.14. The summed E-state index contributed by atoms with van der Waals surface area (Å²) in [6.45, 7) is 3.68. The lowest BCUT2D eigenvalue weighted by Gasteiger charge is -2.19. The molecule has 0 bridgehead atoms. The molecule has 88 valence electrons. The predicted molar refractivity (Wildman–Crippen MR) is 57.9 cm³/mol. The zero-order valence-electron chi connectivity index (χ0n) is 9.27. The molecule has 0 amide bonds. The van der Waals surface area contributed by atoms with Gasteiger partial charge in [-0.05, 0) is 25.0 Å². The Labute approximate surface area is 93.8 Å². The van der Waals surface area contributed by atoms with Gasteiger partial charge in [-0.1, -0.05) is 0 Å². The van der Waals surface area contributed by atoms with Crippen LogP contribution in [0.3, 0.4) is 0 Å². The summed E-state index contributed by atoms with van der Waals surface area (Å²) >= 11 is 0. The number of nitrogens with two attached hydrogens (primary N) is 1. The summed E-state index contributed by atoms with van der Waals surface area (Å²) in [7, 11) is 0. The van der Waals surface area contributed by atoms with E-state index in [-0.39, 0.29) is 0 Å². The molecular formula is C11H16N2O3. The van der Waals surface area contributed by atoms with E-state index >= 15 is 0 Å². The van der Waals surface area contributed by atoms with Gasteiger partial charge < -0.3 is 15.3 Å². The molecule has 1 saturated heterocycles. The highest BCUT2D eigenvalue weighted by molar-refractivity contribution is 5.79. The molecule has 16 heavy (non-hydrogen) atoms. The van der Waals surface area contributed by atoms with Crippen LogP contribution in [-0.4, -0.2) is 34.6 Å². The fraction of sp³-hybridized carbons (Fsp3) is 0.545. The Morgan fingerprint density at radius 3 is 3.00 bits per heavy atom. The van der Waals surface area contributed by atoms with Crippen molar-refractivity contribution in [3.05, 3.63) is 23.7 Å². The first-order chi connectivity index (χ1) is 7.51. The van der Waals surface area contributed by atoms with Crippen molar-refractivity contribution in [2.24, 2.45) is 5.73 Å². The smallest absolute Gasteiger partial charge is 0.325 e. The van der Waals surface area contributed by atoms with Crippen LogP contribution < -0.4 is 5.73 Å². The van der Waals surface area contributed by atoms with Crippen LogP contribution in [0.1, 0.15) is 17.7 Å². The number of aryl methyl sites for hydroxylation is 1. The van der Waals surface area contributed by atoms with Crippen LogP contribution in [0.15, 0.2) is 16.7 Å². The lowest BCUT2D eigenvalue weighted by atomic mass is 10.0. The van der Waals surface area contributed by atoms with E-state index in [4.69, 9.17) is 15.3 Å². The molecule has 1 fully saturated rings. The first-order valence-corrected chi connectivity index (χ1v) is 5.29. The minimum Gasteiger partial charge on any atom is -0.480 e. The number of carbonyl (C=O) groups is 1. The van der Waals surface area contributed by atoms with Gasteiger partial charge in [-0.25, -0.2) is 0 Å². The molecule has 0 spiro atoms. The summed E-state index contributed by atoms with van der Waals surface area (Å²) in [6.07, 6.45) is 2.13. The number of carboxylic acids is 1. The highest BCUT2D eigenvalue weighted by Gasteiger charge is 2.41. The van der Waals surface area contributed by atoms with E-state index in [1.807, 2.05) is 17.9 Å².